The number of allylic oxidation sites excluding steroid dienone is 2. The van der Waals surface area contributed by atoms with E-state index in [-0.39, 0.29) is 5.92 Å². The highest BCUT2D eigenvalue weighted by Gasteiger charge is 2.45. The van der Waals surface area contributed by atoms with Gasteiger partial charge in [0, 0.05) is 61.4 Å². The number of hydrogen-bond donors (Lipinski definition) is 2. The topological polar surface area (TPSA) is 131 Å². The van der Waals surface area contributed by atoms with E-state index in [1.807, 2.05) is 65.7 Å². The molecule has 3 atom stereocenters. The fourth-order valence-corrected chi connectivity index (χ4v) is 8.00. The second-order valence-corrected chi connectivity index (χ2v) is 14.9. The first-order chi connectivity index (χ1) is 25.0. The van der Waals surface area contributed by atoms with Gasteiger partial charge in [-0.3, -0.25) is 19.6 Å². The van der Waals surface area contributed by atoms with Crippen LogP contribution in [0.25, 0.3) is 27.6 Å². The van der Waals surface area contributed by atoms with Crippen LogP contribution < -0.4 is 5.32 Å². The van der Waals surface area contributed by atoms with E-state index in [0.29, 0.717) is 84.6 Å². The number of aromatic nitrogens is 3. The Morgan fingerprint density at radius 3 is 2.71 bits per heavy atom. The van der Waals surface area contributed by atoms with Gasteiger partial charge < -0.3 is 14.8 Å². The number of likely N-dealkylation sites (tertiary alicyclic amines) is 2. The number of alkyl halides is 1. The van der Waals surface area contributed by atoms with Gasteiger partial charge in [0.2, 0.25) is 5.89 Å². The third-order valence-electron chi connectivity index (χ3n) is 10.8. The molecule has 3 aromatic heterocycles. The average Bonchev–Trinajstić information content (AvgIpc) is 3.73. The molecule has 2 aromatic carbocycles. The lowest BCUT2D eigenvalue weighted by atomic mass is 9.74. The van der Waals surface area contributed by atoms with Crippen molar-refractivity contribution in [1.29, 1.82) is 5.26 Å². The predicted octanol–water partition coefficient (Wildman–Crippen LogP) is 7.34. The van der Waals surface area contributed by atoms with Crippen molar-refractivity contribution in [1.82, 2.24) is 24.8 Å². The smallest absolute Gasteiger partial charge is 0.310 e. The van der Waals surface area contributed by atoms with Gasteiger partial charge in [-0.15, -0.1) is 0 Å². The number of benzene rings is 2. The molecule has 2 fully saturated rings. The van der Waals surface area contributed by atoms with E-state index in [4.69, 9.17) is 31.0 Å². The van der Waals surface area contributed by atoms with Crippen molar-refractivity contribution in [3.63, 3.8) is 0 Å². The maximum Gasteiger partial charge on any atom is 0.310 e. The molecule has 2 aliphatic heterocycles. The summed E-state index contributed by atoms with van der Waals surface area (Å²) >= 11 is 6.76. The quantitative estimate of drug-likeness (QED) is 0.160. The van der Waals surface area contributed by atoms with E-state index in [1.165, 1.54) is 0 Å². The lowest BCUT2D eigenvalue weighted by molar-refractivity contribution is -0.147. The molecule has 2 saturated heterocycles. The average molecular weight is 718 g/mol. The Kier molecular flexibility index (Phi) is 8.57. The van der Waals surface area contributed by atoms with E-state index in [9.17, 15) is 19.6 Å². The van der Waals surface area contributed by atoms with Crippen molar-refractivity contribution in [3.05, 3.63) is 112 Å². The Morgan fingerprint density at radius 1 is 1.15 bits per heavy atom. The number of halogens is 2. The third-order valence-corrected chi connectivity index (χ3v) is 11.1. The minimum Gasteiger partial charge on any atom is -0.481 e. The molecule has 5 heterocycles. The maximum atomic E-state index is 13.5. The van der Waals surface area contributed by atoms with Crippen molar-refractivity contribution < 1.29 is 18.7 Å². The van der Waals surface area contributed by atoms with Crippen LogP contribution in [0.15, 0.2) is 83.6 Å². The molecule has 1 aliphatic carbocycles. The second-order valence-electron chi connectivity index (χ2n) is 14.5. The zero-order valence-corrected chi connectivity index (χ0v) is 29.6. The fraction of sp³-hybridized carbons (Fsp3) is 0.325. The van der Waals surface area contributed by atoms with Crippen LogP contribution in [0.2, 0.25) is 5.02 Å². The molecular weight excluding hydrogens is 681 g/mol. The van der Waals surface area contributed by atoms with E-state index < -0.39 is 23.1 Å². The normalized spacial score (nSPS) is 23.8. The summed E-state index contributed by atoms with van der Waals surface area (Å²) in [5.74, 6) is -0.245. The summed E-state index contributed by atoms with van der Waals surface area (Å²) in [6, 6.07) is 17.7. The number of nitrogens with zero attached hydrogens (tertiary/aromatic N) is 6. The summed E-state index contributed by atoms with van der Waals surface area (Å²) in [5, 5.41) is 25.2. The highest BCUT2D eigenvalue weighted by atomic mass is 35.5. The highest BCUT2D eigenvalue weighted by Crippen LogP contribution is 2.47. The molecule has 10 nitrogen and oxygen atoms in total. The van der Waals surface area contributed by atoms with Gasteiger partial charge in [-0.05, 0) is 78.6 Å². The molecule has 0 bridgehead atoms. The predicted molar refractivity (Wildman–Crippen MR) is 197 cm³/mol. The molecule has 3 aliphatic rings. The number of aliphatic carboxylic acids is 1. The lowest BCUT2D eigenvalue weighted by Crippen LogP contribution is -2.47. The summed E-state index contributed by atoms with van der Waals surface area (Å²) in [6.45, 7) is 6.86. The Bertz CT molecular complexity index is 2330. The van der Waals surface area contributed by atoms with E-state index >= 15 is 0 Å². The van der Waals surface area contributed by atoms with Gasteiger partial charge in [-0.25, -0.2) is 14.4 Å². The Morgan fingerprint density at radius 2 is 1.96 bits per heavy atom. The van der Waals surface area contributed by atoms with Gasteiger partial charge in [0.25, 0.3) is 0 Å². The molecule has 52 heavy (non-hydrogen) atoms. The number of pyridine rings is 2. The number of carboxylic acids is 1. The first-order valence-corrected chi connectivity index (χ1v) is 17.8. The SMILES string of the molecule is CC1C(c2ccccc2Cl)=CC=CC1(Nc1nccc2cc(CN3CC(F)C3)cnc12)c1nc2cc(CN3CC[C@@](C)(C(=O)O)C3)cc(C#N)c2o1. The monoisotopic (exact) mass is 717 g/mol. The van der Waals surface area contributed by atoms with Crippen molar-refractivity contribution >= 4 is 51.0 Å². The summed E-state index contributed by atoms with van der Waals surface area (Å²) in [4.78, 5) is 30.7. The van der Waals surface area contributed by atoms with Crippen LogP contribution in [0.4, 0.5) is 10.2 Å². The zero-order valence-electron chi connectivity index (χ0n) is 28.8. The zero-order chi connectivity index (χ0) is 36.2. The molecule has 264 valence electrons. The van der Waals surface area contributed by atoms with Gasteiger partial charge in [0.05, 0.1) is 11.0 Å². The third kappa shape index (κ3) is 6.00. The molecule has 0 radical (unpaired) electrons. The first-order valence-electron chi connectivity index (χ1n) is 17.4. The van der Waals surface area contributed by atoms with Crippen LogP contribution >= 0.6 is 11.6 Å². The standard InChI is InChI=1S/C40H37ClFN7O3/c1-24-30(31-6-3-4-8-32(31)41)7-5-10-40(24,47-36-34-27(9-12-44-36)15-26(18-45-34)20-49-21-29(42)22-49)37-46-33-16-25(14-28(17-43)35(33)52-37)19-48-13-11-39(2,23-48)38(50)51/h3-10,12,14-16,18,24,29H,11,13,19-23H2,1-2H3,(H,44,47)(H,50,51)/t24?,39-,40?/m1/s1. The van der Waals surface area contributed by atoms with Crippen LogP contribution in [0, 0.1) is 22.7 Å². The lowest BCUT2D eigenvalue weighted by Gasteiger charge is -2.39. The second kappa shape index (κ2) is 13.1. The summed E-state index contributed by atoms with van der Waals surface area (Å²) in [7, 11) is 0. The number of hydrogen-bond acceptors (Lipinski definition) is 9. The molecule has 0 saturated carbocycles. The highest BCUT2D eigenvalue weighted by molar-refractivity contribution is 6.32. The number of carbonyl (C=O) groups is 1. The van der Waals surface area contributed by atoms with E-state index in [2.05, 4.69) is 29.3 Å². The minimum atomic E-state index is -1.09. The molecule has 8 rings (SSSR count). The minimum absolute atomic E-state index is 0.301. The van der Waals surface area contributed by atoms with Crippen LogP contribution in [-0.4, -0.2) is 68.2 Å². The van der Waals surface area contributed by atoms with Crippen LogP contribution in [0.3, 0.4) is 0 Å². The van der Waals surface area contributed by atoms with Gasteiger partial charge in [-0.1, -0.05) is 48.9 Å². The molecule has 5 aromatic rings. The van der Waals surface area contributed by atoms with Crippen LogP contribution in [0.5, 0.6) is 0 Å². The van der Waals surface area contributed by atoms with Gasteiger partial charge in [0.15, 0.2) is 11.4 Å². The molecule has 2 N–H and O–H groups in total. The number of nitrogens with one attached hydrogen (secondary N) is 1. The molecule has 0 spiro atoms. The van der Waals surface area contributed by atoms with E-state index in [1.54, 1.807) is 19.2 Å². The summed E-state index contributed by atoms with van der Waals surface area (Å²) < 4.78 is 20.1. The fourth-order valence-electron chi connectivity index (χ4n) is 7.76. The first kappa shape index (κ1) is 34.0. The Balaban J connectivity index is 1.20. The Hall–Kier alpha value is -5.15. The van der Waals surface area contributed by atoms with Gasteiger partial charge in [0.1, 0.15) is 28.8 Å². The molecule has 12 heteroatoms. The Labute approximate surface area is 305 Å². The van der Waals surface area contributed by atoms with Crippen molar-refractivity contribution in [3.8, 4) is 6.07 Å². The van der Waals surface area contributed by atoms with Crippen LogP contribution in [0.1, 0.15) is 48.4 Å². The molecular formula is C40H37ClFN7O3. The number of rotatable bonds is 9. The number of fused-ring (bicyclic) bond motifs is 2. The van der Waals surface area contributed by atoms with Crippen molar-refractivity contribution in [2.75, 3.05) is 31.5 Å². The summed E-state index contributed by atoms with van der Waals surface area (Å²) in [5.41, 5.74) is 3.64. The van der Waals surface area contributed by atoms with Gasteiger partial charge >= 0.3 is 5.97 Å². The number of oxazole rings is 1. The summed E-state index contributed by atoms with van der Waals surface area (Å²) in [6.07, 6.45) is 9.30. The van der Waals surface area contributed by atoms with Gasteiger partial charge in [-0.2, -0.15) is 5.26 Å². The maximum absolute atomic E-state index is 13.5. The number of carboxylic acid groups (broad SMARTS) is 1. The van der Waals surface area contributed by atoms with Crippen molar-refractivity contribution in [2.24, 2.45) is 11.3 Å². The van der Waals surface area contributed by atoms with Crippen LogP contribution in [-0.2, 0) is 23.4 Å². The van der Waals surface area contributed by atoms with Crippen molar-refractivity contribution in [2.45, 2.75) is 45.1 Å². The molecule has 2 unspecified atom stereocenters. The number of anilines is 1. The molecule has 0 amide bonds. The van der Waals surface area contributed by atoms with E-state index in [0.717, 1.165) is 27.6 Å². The number of nitriles is 1. The largest absolute Gasteiger partial charge is 0.481 e.